The van der Waals surface area contributed by atoms with Gasteiger partial charge in [-0.2, -0.15) is 5.10 Å². The molecule has 0 atom stereocenters. The van der Waals surface area contributed by atoms with Gasteiger partial charge in [-0.15, -0.1) is 0 Å². The third-order valence-corrected chi connectivity index (χ3v) is 3.03. The molecule has 2 heterocycles. The molecule has 84 valence electrons. The maximum atomic E-state index is 5.60. The molecule has 1 aliphatic rings. The van der Waals surface area contributed by atoms with Crippen molar-refractivity contribution >= 4 is 5.69 Å². The first-order valence-electron chi connectivity index (χ1n) is 5.78. The third-order valence-electron chi connectivity index (χ3n) is 3.03. The number of rotatable bonds is 5. The van der Waals surface area contributed by atoms with Crippen LogP contribution in [0.4, 0.5) is 5.69 Å². The lowest BCUT2D eigenvalue weighted by Crippen LogP contribution is -2.47. The van der Waals surface area contributed by atoms with E-state index < -0.39 is 0 Å². The average Bonchev–Trinajstić information content (AvgIpc) is 2.55. The zero-order chi connectivity index (χ0) is 10.7. The van der Waals surface area contributed by atoms with Crippen molar-refractivity contribution in [2.45, 2.75) is 26.3 Å². The maximum absolute atomic E-state index is 5.60. The van der Waals surface area contributed by atoms with Crippen LogP contribution >= 0.6 is 0 Å². The summed E-state index contributed by atoms with van der Waals surface area (Å²) in [5, 5.41) is 4.17. The predicted molar refractivity (Wildman–Crippen MR) is 61.5 cm³/mol. The van der Waals surface area contributed by atoms with Crippen molar-refractivity contribution < 1.29 is 0 Å². The second-order valence-electron chi connectivity index (χ2n) is 4.45. The maximum Gasteiger partial charge on any atom is 0.0719 e. The molecule has 1 saturated heterocycles. The van der Waals surface area contributed by atoms with Crippen LogP contribution in [0, 0.1) is 5.92 Å². The van der Waals surface area contributed by atoms with Crippen molar-refractivity contribution in [3.8, 4) is 0 Å². The molecule has 0 aliphatic carbocycles. The Bertz CT molecular complexity index is 301. The van der Waals surface area contributed by atoms with Crippen molar-refractivity contribution in [3.05, 3.63) is 12.4 Å². The molecule has 0 amide bonds. The minimum absolute atomic E-state index is 0.752. The Morgan fingerprint density at radius 1 is 1.47 bits per heavy atom. The largest absolute Gasteiger partial charge is 0.396 e. The van der Waals surface area contributed by atoms with E-state index >= 15 is 0 Å². The molecule has 0 spiro atoms. The summed E-state index contributed by atoms with van der Waals surface area (Å²) >= 11 is 0. The standard InChI is InChI=1S/C11H20N4/c1-2-3-10-7-14(8-10)4-5-15-9-11(12)6-13-15/h6,9-10H,2-5,7-8,12H2,1H3. The van der Waals surface area contributed by atoms with Crippen LogP contribution in [0.1, 0.15) is 19.8 Å². The fraction of sp³-hybridized carbons (Fsp3) is 0.727. The molecule has 15 heavy (non-hydrogen) atoms. The molecule has 4 heteroatoms. The molecular formula is C11H20N4. The summed E-state index contributed by atoms with van der Waals surface area (Å²) in [4.78, 5) is 2.48. The Kier molecular flexibility index (Phi) is 3.26. The molecule has 0 aromatic carbocycles. The van der Waals surface area contributed by atoms with Gasteiger partial charge >= 0.3 is 0 Å². The Morgan fingerprint density at radius 2 is 2.27 bits per heavy atom. The van der Waals surface area contributed by atoms with E-state index in [4.69, 9.17) is 5.73 Å². The lowest BCUT2D eigenvalue weighted by molar-refractivity contribution is 0.0886. The Balaban J connectivity index is 1.64. The Morgan fingerprint density at radius 3 is 2.87 bits per heavy atom. The zero-order valence-electron chi connectivity index (χ0n) is 9.39. The van der Waals surface area contributed by atoms with Gasteiger partial charge in [-0.3, -0.25) is 4.68 Å². The lowest BCUT2D eigenvalue weighted by atomic mass is 9.95. The van der Waals surface area contributed by atoms with Gasteiger partial charge in [-0.25, -0.2) is 0 Å². The fourth-order valence-electron chi connectivity index (χ4n) is 2.20. The van der Waals surface area contributed by atoms with E-state index in [1.165, 1.54) is 25.9 Å². The SMILES string of the molecule is CCCC1CN(CCn2cc(N)cn2)C1. The fourth-order valence-corrected chi connectivity index (χ4v) is 2.20. The van der Waals surface area contributed by atoms with Crippen LogP contribution in [0.3, 0.4) is 0 Å². The number of nitrogen functional groups attached to an aromatic ring is 1. The monoisotopic (exact) mass is 208 g/mol. The third kappa shape index (κ3) is 2.72. The van der Waals surface area contributed by atoms with Crippen LogP contribution in [0.2, 0.25) is 0 Å². The van der Waals surface area contributed by atoms with Gasteiger partial charge < -0.3 is 10.6 Å². The van der Waals surface area contributed by atoms with E-state index in [0.29, 0.717) is 0 Å². The summed E-state index contributed by atoms with van der Waals surface area (Å²) in [5.74, 6) is 0.942. The summed E-state index contributed by atoms with van der Waals surface area (Å²) < 4.78 is 1.92. The number of nitrogens with two attached hydrogens (primary N) is 1. The van der Waals surface area contributed by atoms with Gasteiger partial charge in [0.1, 0.15) is 0 Å². The summed E-state index contributed by atoms with van der Waals surface area (Å²) in [6.45, 7) is 6.85. The summed E-state index contributed by atoms with van der Waals surface area (Å²) in [6.07, 6.45) is 6.29. The zero-order valence-corrected chi connectivity index (χ0v) is 9.39. The lowest BCUT2D eigenvalue weighted by Gasteiger charge is -2.39. The van der Waals surface area contributed by atoms with Crippen molar-refractivity contribution in [1.82, 2.24) is 14.7 Å². The van der Waals surface area contributed by atoms with Crippen molar-refractivity contribution in [3.63, 3.8) is 0 Å². The van der Waals surface area contributed by atoms with Gasteiger partial charge in [-0.05, 0) is 12.3 Å². The van der Waals surface area contributed by atoms with Crippen LogP contribution < -0.4 is 5.73 Å². The van der Waals surface area contributed by atoms with E-state index in [2.05, 4.69) is 16.9 Å². The summed E-state index contributed by atoms with van der Waals surface area (Å²) in [5.41, 5.74) is 6.35. The van der Waals surface area contributed by atoms with Gasteiger partial charge in [0.2, 0.25) is 0 Å². The number of likely N-dealkylation sites (tertiary alicyclic amines) is 1. The van der Waals surface area contributed by atoms with Gasteiger partial charge in [-0.1, -0.05) is 13.3 Å². The van der Waals surface area contributed by atoms with Crippen LogP contribution in [-0.2, 0) is 6.54 Å². The quantitative estimate of drug-likeness (QED) is 0.791. The molecule has 1 aromatic rings. The molecule has 1 aliphatic heterocycles. The molecule has 2 rings (SSSR count). The minimum atomic E-state index is 0.752. The first kappa shape index (κ1) is 10.5. The topological polar surface area (TPSA) is 47.1 Å². The second-order valence-corrected chi connectivity index (χ2v) is 4.45. The van der Waals surface area contributed by atoms with Gasteiger partial charge in [0, 0.05) is 25.8 Å². The van der Waals surface area contributed by atoms with Crippen LogP contribution in [-0.4, -0.2) is 34.3 Å². The minimum Gasteiger partial charge on any atom is -0.396 e. The molecule has 0 saturated carbocycles. The highest BCUT2D eigenvalue weighted by atomic mass is 15.3. The van der Waals surface area contributed by atoms with Crippen LogP contribution in [0.25, 0.3) is 0 Å². The highest BCUT2D eigenvalue weighted by molar-refractivity contribution is 5.30. The normalized spacial score (nSPS) is 17.9. The molecule has 1 fully saturated rings. The number of hydrogen-bond donors (Lipinski definition) is 1. The van der Waals surface area contributed by atoms with E-state index in [1.54, 1.807) is 6.20 Å². The van der Waals surface area contributed by atoms with Crippen molar-refractivity contribution in [2.75, 3.05) is 25.4 Å². The number of aromatic nitrogens is 2. The highest BCUT2D eigenvalue weighted by Gasteiger charge is 2.24. The molecular weight excluding hydrogens is 188 g/mol. The van der Waals surface area contributed by atoms with Crippen LogP contribution in [0.15, 0.2) is 12.4 Å². The average molecular weight is 208 g/mol. The van der Waals surface area contributed by atoms with E-state index in [9.17, 15) is 0 Å². The molecule has 4 nitrogen and oxygen atoms in total. The Hall–Kier alpha value is -1.03. The van der Waals surface area contributed by atoms with E-state index in [0.717, 1.165) is 24.7 Å². The molecule has 2 N–H and O–H groups in total. The Labute approximate surface area is 91.1 Å². The molecule has 1 aromatic heterocycles. The second kappa shape index (κ2) is 4.66. The van der Waals surface area contributed by atoms with E-state index in [-0.39, 0.29) is 0 Å². The first-order chi connectivity index (χ1) is 7.28. The van der Waals surface area contributed by atoms with Gasteiger partial charge in [0.15, 0.2) is 0 Å². The van der Waals surface area contributed by atoms with E-state index in [1.807, 2.05) is 10.9 Å². The number of hydrogen-bond acceptors (Lipinski definition) is 3. The van der Waals surface area contributed by atoms with Crippen molar-refractivity contribution in [2.24, 2.45) is 5.92 Å². The van der Waals surface area contributed by atoms with Crippen molar-refractivity contribution in [1.29, 1.82) is 0 Å². The summed E-state index contributed by atoms with van der Waals surface area (Å²) in [7, 11) is 0. The first-order valence-corrected chi connectivity index (χ1v) is 5.78. The number of anilines is 1. The smallest absolute Gasteiger partial charge is 0.0719 e. The molecule has 0 bridgehead atoms. The van der Waals surface area contributed by atoms with Gasteiger partial charge in [0.25, 0.3) is 0 Å². The summed E-state index contributed by atoms with van der Waals surface area (Å²) in [6, 6.07) is 0. The molecule has 0 unspecified atom stereocenters. The van der Waals surface area contributed by atoms with Gasteiger partial charge in [0.05, 0.1) is 18.4 Å². The predicted octanol–water partition coefficient (Wildman–Crippen LogP) is 1.20. The molecule has 0 radical (unpaired) electrons. The van der Waals surface area contributed by atoms with Crippen LogP contribution in [0.5, 0.6) is 0 Å². The number of nitrogens with zero attached hydrogens (tertiary/aromatic N) is 3. The highest BCUT2D eigenvalue weighted by Crippen LogP contribution is 2.19.